The molecule has 0 aliphatic carbocycles. The summed E-state index contributed by atoms with van der Waals surface area (Å²) in [4.78, 5) is 9.44. The average molecular weight is 253 g/mol. The molecule has 0 amide bonds. The summed E-state index contributed by atoms with van der Waals surface area (Å²) < 4.78 is 13.0. The Kier molecular flexibility index (Phi) is 3.43. The van der Waals surface area contributed by atoms with Crippen LogP contribution in [-0.4, -0.2) is 15.3 Å². The standard InChI is InChI=1S/C7H3Cl2FN2O3/c8-4-2-5(10)6(12(14)15)1-3(4)7(9)11-13/h1-2,13H/b11-7+. The topological polar surface area (TPSA) is 75.7 Å². The second kappa shape index (κ2) is 4.41. The fourth-order valence-corrected chi connectivity index (χ4v) is 1.33. The lowest BCUT2D eigenvalue weighted by molar-refractivity contribution is -0.387. The monoisotopic (exact) mass is 252 g/mol. The Morgan fingerprint density at radius 1 is 1.60 bits per heavy atom. The van der Waals surface area contributed by atoms with Gasteiger partial charge < -0.3 is 5.21 Å². The van der Waals surface area contributed by atoms with Crippen molar-refractivity contribution in [2.75, 3.05) is 0 Å². The fraction of sp³-hybridized carbons (Fsp3) is 0. The van der Waals surface area contributed by atoms with Gasteiger partial charge >= 0.3 is 5.69 Å². The zero-order chi connectivity index (χ0) is 11.6. The van der Waals surface area contributed by atoms with Crippen LogP contribution >= 0.6 is 23.2 Å². The van der Waals surface area contributed by atoms with E-state index in [2.05, 4.69) is 5.16 Å². The molecule has 0 bridgehead atoms. The normalized spacial score (nSPS) is 11.5. The first-order valence-corrected chi connectivity index (χ1v) is 4.24. The van der Waals surface area contributed by atoms with Gasteiger partial charge in [0.25, 0.3) is 0 Å². The van der Waals surface area contributed by atoms with Gasteiger partial charge in [0.15, 0.2) is 5.17 Å². The summed E-state index contributed by atoms with van der Waals surface area (Å²) in [7, 11) is 0. The molecule has 0 aliphatic rings. The summed E-state index contributed by atoms with van der Waals surface area (Å²) in [5, 5.41) is 20.7. The molecular weight excluding hydrogens is 250 g/mol. The van der Waals surface area contributed by atoms with Gasteiger partial charge in [-0.25, -0.2) is 0 Å². The van der Waals surface area contributed by atoms with E-state index in [0.29, 0.717) is 0 Å². The summed E-state index contributed by atoms with van der Waals surface area (Å²) >= 11 is 10.9. The van der Waals surface area contributed by atoms with Crippen LogP contribution in [0.25, 0.3) is 0 Å². The molecular formula is C7H3Cl2FN2O3. The number of nitrogens with zero attached hydrogens (tertiary/aromatic N) is 2. The van der Waals surface area contributed by atoms with Crippen molar-refractivity contribution in [3.8, 4) is 0 Å². The predicted molar refractivity (Wildman–Crippen MR) is 52.2 cm³/mol. The van der Waals surface area contributed by atoms with Crippen molar-refractivity contribution in [1.29, 1.82) is 0 Å². The quantitative estimate of drug-likeness (QED) is 0.381. The minimum Gasteiger partial charge on any atom is -0.410 e. The van der Waals surface area contributed by atoms with E-state index in [1.165, 1.54) is 0 Å². The predicted octanol–water partition coefficient (Wildman–Crippen LogP) is 2.76. The molecule has 1 N–H and O–H groups in total. The number of oxime groups is 1. The van der Waals surface area contributed by atoms with Crippen molar-refractivity contribution < 1.29 is 14.5 Å². The number of halogens is 3. The second-order valence-corrected chi connectivity index (χ2v) is 3.20. The van der Waals surface area contributed by atoms with Gasteiger partial charge in [-0.05, 0) is 0 Å². The fourth-order valence-electron chi connectivity index (χ4n) is 0.889. The second-order valence-electron chi connectivity index (χ2n) is 2.43. The third kappa shape index (κ3) is 2.34. The van der Waals surface area contributed by atoms with Gasteiger partial charge in [0, 0.05) is 17.7 Å². The molecule has 0 aliphatic heterocycles. The van der Waals surface area contributed by atoms with Crippen LogP contribution < -0.4 is 0 Å². The van der Waals surface area contributed by atoms with Gasteiger partial charge in [0.2, 0.25) is 5.82 Å². The highest BCUT2D eigenvalue weighted by Gasteiger charge is 2.19. The van der Waals surface area contributed by atoms with E-state index in [-0.39, 0.29) is 10.6 Å². The van der Waals surface area contributed by atoms with Gasteiger partial charge in [-0.2, -0.15) is 4.39 Å². The highest BCUT2D eigenvalue weighted by atomic mass is 35.5. The minimum atomic E-state index is -1.09. The molecule has 0 saturated carbocycles. The first-order valence-electron chi connectivity index (χ1n) is 3.48. The number of rotatable bonds is 2. The Morgan fingerprint density at radius 2 is 2.20 bits per heavy atom. The zero-order valence-electron chi connectivity index (χ0n) is 6.95. The van der Waals surface area contributed by atoms with Gasteiger partial charge in [0.05, 0.1) is 9.95 Å². The van der Waals surface area contributed by atoms with E-state index >= 15 is 0 Å². The van der Waals surface area contributed by atoms with Crippen LogP contribution in [0.5, 0.6) is 0 Å². The van der Waals surface area contributed by atoms with Crippen LogP contribution in [0.3, 0.4) is 0 Å². The van der Waals surface area contributed by atoms with E-state index in [1.807, 2.05) is 0 Å². The number of hydrogen-bond acceptors (Lipinski definition) is 4. The summed E-state index contributed by atoms with van der Waals surface area (Å²) in [5.74, 6) is -1.09. The Labute approximate surface area is 92.9 Å². The van der Waals surface area contributed by atoms with Crippen LogP contribution in [0.4, 0.5) is 10.1 Å². The van der Waals surface area contributed by atoms with Crippen molar-refractivity contribution in [3.05, 3.63) is 38.7 Å². The lowest BCUT2D eigenvalue weighted by Crippen LogP contribution is -1.99. The van der Waals surface area contributed by atoms with Crippen LogP contribution in [0.1, 0.15) is 5.56 Å². The van der Waals surface area contributed by atoms with E-state index in [4.69, 9.17) is 28.4 Å². The first kappa shape index (κ1) is 11.7. The third-order valence-electron chi connectivity index (χ3n) is 1.54. The molecule has 1 rings (SSSR count). The third-order valence-corrected chi connectivity index (χ3v) is 2.14. The van der Waals surface area contributed by atoms with Gasteiger partial charge in [-0.15, -0.1) is 0 Å². The van der Waals surface area contributed by atoms with Crippen molar-refractivity contribution in [2.45, 2.75) is 0 Å². The average Bonchev–Trinajstić information content (AvgIpc) is 2.16. The Bertz CT molecular complexity index is 450. The molecule has 0 radical (unpaired) electrons. The van der Waals surface area contributed by atoms with Crippen LogP contribution in [0, 0.1) is 15.9 Å². The molecule has 0 heterocycles. The van der Waals surface area contributed by atoms with Crippen LogP contribution in [0.15, 0.2) is 17.3 Å². The maximum Gasteiger partial charge on any atom is 0.305 e. The Balaban J connectivity index is 3.43. The van der Waals surface area contributed by atoms with E-state index < -0.39 is 21.6 Å². The molecule has 15 heavy (non-hydrogen) atoms. The zero-order valence-corrected chi connectivity index (χ0v) is 8.46. The molecule has 8 heteroatoms. The maximum absolute atomic E-state index is 13.0. The molecule has 0 atom stereocenters. The lowest BCUT2D eigenvalue weighted by atomic mass is 10.2. The number of nitro benzene ring substituents is 1. The smallest absolute Gasteiger partial charge is 0.305 e. The molecule has 0 spiro atoms. The highest BCUT2D eigenvalue weighted by molar-refractivity contribution is 6.70. The number of benzene rings is 1. The minimum absolute atomic E-state index is 0.117. The highest BCUT2D eigenvalue weighted by Crippen LogP contribution is 2.27. The molecule has 80 valence electrons. The van der Waals surface area contributed by atoms with Crippen LogP contribution in [0.2, 0.25) is 5.02 Å². The van der Waals surface area contributed by atoms with Gasteiger partial charge in [0.1, 0.15) is 0 Å². The van der Waals surface area contributed by atoms with Crippen molar-refractivity contribution in [1.82, 2.24) is 0 Å². The molecule has 0 fully saturated rings. The van der Waals surface area contributed by atoms with Crippen LogP contribution in [-0.2, 0) is 0 Å². The molecule has 0 aromatic heterocycles. The molecule has 5 nitrogen and oxygen atoms in total. The summed E-state index contributed by atoms with van der Waals surface area (Å²) in [6.07, 6.45) is 0. The summed E-state index contributed by atoms with van der Waals surface area (Å²) in [5.41, 5.74) is -0.912. The van der Waals surface area contributed by atoms with Gasteiger partial charge in [-0.3, -0.25) is 10.1 Å². The molecule has 1 aromatic carbocycles. The Hall–Kier alpha value is -1.40. The van der Waals surface area contributed by atoms with Gasteiger partial charge in [-0.1, -0.05) is 28.4 Å². The molecule has 0 unspecified atom stereocenters. The summed E-state index contributed by atoms with van der Waals surface area (Å²) in [6.45, 7) is 0. The SMILES string of the molecule is O=[N+]([O-])c1cc(/C(Cl)=N\O)c(Cl)cc1F. The maximum atomic E-state index is 13.0. The Morgan fingerprint density at radius 3 is 2.67 bits per heavy atom. The first-order chi connectivity index (χ1) is 6.97. The largest absolute Gasteiger partial charge is 0.410 e. The van der Waals surface area contributed by atoms with E-state index in [1.54, 1.807) is 0 Å². The van der Waals surface area contributed by atoms with Crippen molar-refractivity contribution >= 4 is 34.1 Å². The van der Waals surface area contributed by atoms with E-state index in [9.17, 15) is 14.5 Å². The molecule has 0 saturated heterocycles. The van der Waals surface area contributed by atoms with Crippen molar-refractivity contribution in [3.63, 3.8) is 0 Å². The summed E-state index contributed by atoms with van der Waals surface area (Å²) in [6, 6.07) is 1.52. The number of nitro groups is 1. The lowest BCUT2D eigenvalue weighted by Gasteiger charge is -2.01. The van der Waals surface area contributed by atoms with E-state index in [0.717, 1.165) is 12.1 Å². The van der Waals surface area contributed by atoms with Crippen molar-refractivity contribution in [2.24, 2.45) is 5.16 Å². The number of hydrogen-bond donors (Lipinski definition) is 1. The molecule has 1 aromatic rings.